The average Bonchev–Trinajstić information content (AvgIpc) is 2.70. The summed E-state index contributed by atoms with van der Waals surface area (Å²) < 4.78 is 4.28. The van der Waals surface area contributed by atoms with Crippen molar-refractivity contribution in [2.24, 2.45) is 0 Å². The van der Waals surface area contributed by atoms with E-state index in [9.17, 15) is 20.2 Å². The summed E-state index contributed by atoms with van der Waals surface area (Å²) in [5, 5.41) is 21.8. The molecule has 0 amide bonds. The number of hydrogen-bond acceptors (Lipinski definition) is 7. The van der Waals surface area contributed by atoms with Gasteiger partial charge in [0.05, 0.1) is 27.7 Å². The maximum atomic E-state index is 10.9. The molecular formula is C6H2Br2N4O4S. The molecular weight excluding hydrogens is 384 g/mol. The molecule has 1 N–H and O–H groups in total. The summed E-state index contributed by atoms with van der Waals surface area (Å²) >= 11 is 7.08. The molecule has 2 aliphatic heterocycles. The fraction of sp³-hybridized carbons (Fsp3) is 0. The van der Waals surface area contributed by atoms with E-state index in [0.717, 1.165) is 12.1 Å². The van der Waals surface area contributed by atoms with E-state index in [1.54, 1.807) is 0 Å². The van der Waals surface area contributed by atoms with Crippen LogP contribution in [0.5, 0.6) is 0 Å². The summed E-state index contributed by atoms with van der Waals surface area (Å²) in [6, 6.07) is 0. The highest BCUT2D eigenvalue weighted by Gasteiger charge is 2.45. The zero-order valence-corrected chi connectivity index (χ0v) is 11.7. The standard InChI is InChI=1S/C6H2Br2N4O4S/c7-3-2-1-9-17-10(2)6(8)5(12(15)16)4(3)11(13)14/h1,9H. The minimum absolute atomic E-state index is 0.0265. The third kappa shape index (κ3) is 1.83. The number of nitrogens with zero attached hydrogens (tertiary/aromatic N) is 3. The molecule has 0 bridgehead atoms. The van der Waals surface area contributed by atoms with Gasteiger partial charge in [0.1, 0.15) is 4.48 Å². The predicted molar refractivity (Wildman–Crippen MR) is 66.5 cm³/mol. The smallest absolute Gasteiger partial charge is 0.316 e. The Hall–Kier alpha value is -1.07. The van der Waals surface area contributed by atoms with Crippen molar-refractivity contribution in [2.75, 3.05) is 0 Å². The van der Waals surface area contributed by atoms with Crippen LogP contribution >= 0.6 is 44.0 Å². The Balaban J connectivity index is 2.70. The van der Waals surface area contributed by atoms with E-state index in [-0.39, 0.29) is 9.09 Å². The number of allylic oxidation sites excluding steroid dienone is 1. The van der Waals surface area contributed by atoms with Gasteiger partial charge in [-0.2, -0.15) is 0 Å². The van der Waals surface area contributed by atoms with E-state index in [2.05, 4.69) is 36.6 Å². The molecule has 2 rings (SSSR count). The Morgan fingerprint density at radius 1 is 1.24 bits per heavy atom. The Morgan fingerprint density at radius 2 is 1.82 bits per heavy atom. The maximum Gasteiger partial charge on any atom is 0.378 e. The molecule has 0 unspecified atom stereocenters. The van der Waals surface area contributed by atoms with Gasteiger partial charge in [0.25, 0.3) is 0 Å². The minimum atomic E-state index is -0.793. The highest BCUT2D eigenvalue weighted by Crippen LogP contribution is 2.45. The Kier molecular flexibility index (Phi) is 3.14. The van der Waals surface area contributed by atoms with Crippen LogP contribution in [0.15, 0.2) is 32.4 Å². The quantitative estimate of drug-likeness (QED) is 0.336. The van der Waals surface area contributed by atoms with Gasteiger partial charge >= 0.3 is 11.4 Å². The first-order valence-corrected chi connectivity index (χ1v) is 6.33. The van der Waals surface area contributed by atoms with Gasteiger partial charge in [-0.25, -0.2) is 0 Å². The van der Waals surface area contributed by atoms with Gasteiger partial charge in [-0.1, -0.05) is 0 Å². The fourth-order valence-electron chi connectivity index (χ4n) is 1.29. The van der Waals surface area contributed by atoms with Gasteiger partial charge in [-0.3, -0.25) is 24.5 Å². The van der Waals surface area contributed by atoms with Gasteiger partial charge in [0.2, 0.25) is 0 Å². The largest absolute Gasteiger partial charge is 0.378 e. The number of halogens is 2. The average molecular weight is 386 g/mol. The van der Waals surface area contributed by atoms with E-state index >= 15 is 0 Å². The Labute approximate surface area is 115 Å². The van der Waals surface area contributed by atoms with Crippen LogP contribution < -0.4 is 4.72 Å². The molecule has 0 fully saturated rings. The van der Waals surface area contributed by atoms with Crippen molar-refractivity contribution >= 4 is 44.0 Å². The molecule has 2 aliphatic rings. The molecule has 0 saturated heterocycles. The Bertz CT molecular complexity index is 528. The third-order valence-corrected chi connectivity index (χ3v) is 4.49. The van der Waals surface area contributed by atoms with E-state index in [4.69, 9.17) is 0 Å². The van der Waals surface area contributed by atoms with Crippen molar-refractivity contribution in [3.8, 4) is 0 Å². The summed E-state index contributed by atoms with van der Waals surface area (Å²) in [5.74, 6) is 0. The van der Waals surface area contributed by atoms with Crippen molar-refractivity contribution < 1.29 is 9.85 Å². The number of fused-ring (bicyclic) bond motifs is 1. The normalized spacial score (nSPS) is 18.9. The molecule has 17 heavy (non-hydrogen) atoms. The van der Waals surface area contributed by atoms with Crippen LogP contribution in [0.4, 0.5) is 0 Å². The van der Waals surface area contributed by atoms with Crippen molar-refractivity contribution in [3.05, 3.63) is 52.6 Å². The molecule has 11 heteroatoms. The van der Waals surface area contributed by atoms with Gasteiger partial charge in [0, 0.05) is 6.20 Å². The van der Waals surface area contributed by atoms with Gasteiger partial charge in [0.15, 0.2) is 4.61 Å². The van der Waals surface area contributed by atoms with E-state index in [0.29, 0.717) is 5.70 Å². The van der Waals surface area contributed by atoms with E-state index in [1.165, 1.54) is 10.5 Å². The topological polar surface area (TPSA) is 102 Å². The lowest BCUT2D eigenvalue weighted by atomic mass is 10.2. The molecule has 8 nitrogen and oxygen atoms in total. The fourth-order valence-corrected chi connectivity index (χ4v) is 3.45. The second kappa shape index (κ2) is 4.31. The summed E-state index contributed by atoms with van der Waals surface area (Å²) in [7, 11) is 0. The molecule has 0 spiro atoms. The van der Waals surface area contributed by atoms with Crippen LogP contribution in [-0.4, -0.2) is 14.2 Å². The summed E-state index contributed by atoms with van der Waals surface area (Å²) in [4.78, 5) is 20.2. The van der Waals surface area contributed by atoms with Crippen LogP contribution in [0.1, 0.15) is 0 Å². The summed E-state index contributed by atoms with van der Waals surface area (Å²) in [6.07, 6.45) is 1.51. The molecule has 0 radical (unpaired) electrons. The first-order chi connectivity index (χ1) is 7.95. The predicted octanol–water partition coefficient (Wildman–Crippen LogP) is 2.03. The van der Waals surface area contributed by atoms with Crippen LogP contribution in [-0.2, 0) is 0 Å². The first kappa shape index (κ1) is 12.4. The number of nitro groups is 2. The zero-order valence-electron chi connectivity index (χ0n) is 7.72. The third-order valence-electron chi connectivity index (χ3n) is 1.95. The van der Waals surface area contributed by atoms with Gasteiger partial charge < -0.3 is 4.72 Å². The molecule has 0 aromatic carbocycles. The molecule has 2 heterocycles. The lowest BCUT2D eigenvalue weighted by Crippen LogP contribution is -2.24. The molecule has 90 valence electrons. The van der Waals surface area contributed by atoms with Crippen LogP contribution in [0.2, 0.25) is 0 Å². The first-order valence-electron chi connectivity index (χ1n) is 3.97. The Morgan fingerprint density at radius 3 is 2.35 bits per heavy atom. The van der Waals surface area contributed by atoms with Crippen molar-refractivity contribution in [3.63, 3.8) is 0 Å². The lowest BCUT2D eigenvalue weighted by molar-refractivity contribution is -0.481. The zero-order chi connectivity index (χ0) is 12.7. The SMILES string of the molecule is O=[N+]([O-])C1=C(Br)C2=CNSN2C(Br)=C1[N+](=O)[O-]. The van der Waals surface area contributed by atoms with E-state index < -0.39 is 21.2 Å². The summed E-state index contributed by atoms with van der Waals surface area (Å²) in [5.41, 5.74) is -0.719. The van der Waals surface area contributed by atoms with E-state index in [1.807, 2.05) is 0 Å². The molecule has 0 aromatic heterocycles. The van der Waals surface area contributed by atoms with Gasteiger partial charge in [-0.05, 0) is 31.9 Å². The van der Waals surface area contributed by atoms with Crippen LogP contribution in [0, 0.1) is 20.2 Å². The lowest BCUT2D eigenvalue weighted by Gasteiger charge is -2.20. The van der Waals surface area contributed by atoms with Crippen molar-refractivity contribution in [1.29, 1.82) is 0 Å². The second-order valence-corrected chi connectivity index (χ2v) is 5.18. The van der Waals surface area contributed by atoms with Crippen molar-refractivity contribution in [1.82, 2.24) is 9.03 Å². The molecule has 0 aliphatic carbocycles. The van der Waals surface area contributed by atoms with Gasteiger partial charge in [-0.15, -0.1) is 0 Å². The number of rotatable bonds is 2. The molecule has 0 atom stereocenters. The number of nitrogens with one attached hydrogen (secondary N) is 1. The monoisotopic (exact) mass is 384 g/mol. The minimum Gasteiger partial charge on any atom is -0.316 e. The maximum absolute atomic E-state index is 10.9. The molecule has 0 aromatic rings. The summed E-state index contributed by atoms with van der Waals surface area (Å²) in [6.45, 7) is 0. The van der Waals surface area contributed by atoms with Crippen LogP contribution in [0.25, 0.3) is 0 Å². The highest BCUT2D eigenvalue weighted by molar-refractivity contribution is 9.12. The molecule has 0 saturated carbocycles. The highest BCUT2D eigenvalue weighted by atomic mass is 79.9. The van der Waals surface area contributed by atoms with Crippen molar-refractivity contribution in [2.45, 2.75) is 0 Å². The van der Waals surface area contributed by atoms with Crippen LogP contribution in [0.3, 0.4) is 0 Å². The second-order valence-electron chi connectivity index (χ2n) is 2.85. The number of hydrogen-bond donors (Lipinski definition) is 1.